The third kappa shape index (κ3) is 3.29. The predicted octanol–water partition coefficient (Wildman–Crippen LogP) is 1.22. The Hall–Kier alpha value is -1.50. The van der Waals surface area contributed by atoms with Crippen molar-refractivity contribution in [3.63, 3.8) is 0 Å². The van der Waals surface area contributed by atoms with Crippen molar-refractivity contribution in [1.29, 1.82) is 0 Å². The van der Waals surface area contributed by atoms with Gasteiger partial charge in [0.15, 0.2) is 11.5 Å². The lowest BCUT2D eigenvalue weighted by molar-refractivity contribution is -0.146. The summed E-state index contributed by atoms with van der Waals surface area (Å²) < 4.78 is 16.1. The molecule has 2 heterocycles. The number of hydrogen-bond donors (Lipinski definition) is 2. The van der Waals surface area contributed by atoms with Crippen LogP contribution in [0.15, 0.2) is 18.2 Å². The Morgan fingerprint density at radius 2 is 2.05 bits per heavy atom. The summed E-state index contributed by atoms with van der Waals surface area (Å²) in [6, 6.07) is 5.68. The standard InChI is InChI=1S/C15H20N2O4.ClH/c1-19-15(4-6-16-7-5-15)14(18)17-9-11-2-3-12-13(8-11)21-10-20-12;/h2-3,8,16H,4-7,9-10H2,1H3,(H,17,18);1H. The van der Waals surface area contributed by atoms with Crippen LogP contribution in [0.1, 0.15) is 18.4 Å². The van der Waals surface area contributed by atoms with E-state index in [1.807, 2.05) is 18.2 Å². The Balaban J connectivity index is 0.00000176. The highest BCUT2D eigenvalue weighted by atomic mass is 35.5. The van der Waals surface area contributed by atoms with Gasteiger partial charge >= 0.3 is 0 Å². The zero-order valence-electron chi connectivity index (χ0n) is 12.5. The predicted molar refractivity (Wildman–Crippen MR) is 83.5 cm³/mol. The van der Waals surface area contributed by atoms with Crippen LogP contribution in [0.25, 0.3) is 0 Å². The number of carbonyl (C=O) groups excluding carboxylic acids is 1. The second-order valence-electron chi connectivity index (χ2n) is 5.32. The normalized spacial score (nSPS) is 18.4. The molecule has 3 rings (SSSR count). The third-order valence-corrected chi connectivity index (χ3v) is 4.11. The summed E-state index contributed by atoms with van der Waals surface area (Å²) in [7, 11) is 1.60. The number of halogens is 1. The number of nitrogens with one attached hydrogen (secondary N) is 2. The summed E-state index contributed by atoms with van der Waals surface area (Å²) in [4.78, 5) is 12.4. The Labute approximate surface area is 135 Å². The Bertz CT molecular complexity index is 532. The van der Waals surface area contributed by atoms with Crippen LogP contribution in [0.4, 0.5) is 0 Å². The van der Waals surface area contributed by atoms with Crippen molar-refractivity contribution >= 4 is 18.3 Å². The fourth-order valence-corrected chi connectivity index (χ4v) is 2.75. The highest BCUT2D eigenvalue weighted by Gasteiger charge is 2.39. The van der Waals surface area contributed by atoms with E-state index in [4.69, 9.17) is 14.2 Å². The first-order valence-corrected chi connectivity index (χ1v) is 7.16. The number of hydrogen-bond acceptors (Lipinski definition) is 5. The molecule has 2 N–H and O–H groups in total. The van der Waals surface area contributed by atoms with Gasteiger partial charge in [0.2, 0.25) is 6.79 Å². The van der Waals surface area contributed by atoms with Gasteiger partial charge in [-0.1, -0.05) is 6.07 Å². The van der Waals surface area contributed by atoms with Gasteiger partial charge in [-0.3, -0.25) is 4.79 Å². The summed E-state index contributed by atoms with van der Waals surface area (Å²) in [6.07, 6.45) is 1.38. The van der Waals surface area contributed by atoms with Crippen molar-refractivity contribution in [2.75, 3.05) is 27.0 Å². The van der Waals surface area contributed by atoms with Crippen molar-refractivity contribution in [3.8, 4) is 11.5 Å². The number of ether oxygens (including phenoxy) is 3. The van der Waals surface area contributed by atoms with Crippen LogP contribution in [-0.4, -0.2) is 38.5 Å². The lowest BCUT2D eigenvalue weighted by Crippen LogP contribution is -2.53. The molecule has 0 aliphatic carbocycles. The van der Waals surface area contributed by atoms with E-state index in [2.05, 4.69) is 10.6 Å². The molecule has 7 heteroatoms. The van der Waals surface area contributed by atoms with Crippen LogP contribution < -0.4 is 20.1 Å². The van der Waals surface area contributed by atoms with Gasteiger partial charge in [0.25, 0.3) is 5.91 Å². The summed E-state index contributed by atoms with van der Waals surface area (Å²) in [5.74, 6) is 1.42. The third-order valence-electron chi connectivity index (χ3n) is 4.11. The Kier molecular flexibility index (Phi) is 5.50. The van der Waals surface area contributed by atoms with Gasteiger partial charge in [-0.2, -0.15) is 0 Å². The molecule has 0 unspecified atom stereocenters. The topological polar surface area (TPSA) is 68.8 Å². The van der Waals surface area contributed by atoms with Gasteiger partial charge in [-0.25, -0.2) is 0 Å². The van der Waals surface area contributed by atoms with Crippen molar-refractivity contribution < 1.29 is 19.0 Å². The quantitative estimate of drug-likeness (QED) is 0.870. The molecule has 2 aliphatic heterocycles. The summed E-state index contributed by atoms with van der Waals surface area (Å²) >= 11 is 0. The fraction of sp³-hybridized carbons (Fsp3) is 0.533. The zero-order valence-corrected chi connectivity index (χ0v) is 13.3. The average Bonchev–Trinajstić information content (AvgIpc) is 3.00. The lowest BCUT2D eigenvalue weighted by atomic mass is 9.91. The molecule has 2 aliphatic rings. The zero-order chi connectivity index (χ0) is 14.7. The highest BCUT2D eigenvalue weighted by molar-refractivity contribution is 5.85. The van der Waals surface area contributed by atoms with Gasteiger partial charge < -0.3 is 24.8 Å². The number of carbonyl (C=O) groups is 1. The maximum Gasteiger partial charge on any atom is 0.252 e. The van der Waals surface area contributed by atoms with Crippen molar-refractivity contribution in [2.45, 2.75) is 25.0 Å². The molecule has 1 fully saturated rings. The minimum absolute atomic E-state index is 0. The molecule has 22 heavy (non-hydrogen) atoms. The van der Waals surface area contributed by atoms with E-state index in [1.54, 1.807) is 7.11 Å². The van der Waals surface area contributed by atoms with Crippen LogP contribution in [0.2, 0.25) is 0 Å². The molecule has 1 saturated heterocycles. The molecule has 1 aromatic rings. The molecule has 0 spiro atoms. The number of piperidine rings is 1. The molecule has 1 amide bonds. The molecule has 122 valence electrons. The highest BCUT2D eigenvalue weighted by Crippen LogP contribution is 2.32. The average molecular weight is 329 g/mol. The molecule has 0 radical (unpaired) electrons. The second kappa shape index (κ2) is 7.17. The molecular formula is C15H21ClN2O4. The first-order valence-electron chi connectivity index (χ1n) is 7.16. The maximum atomic E-state index is 12.4. The minimum atomic E-state index is -0.707. The van der Waals surface area contributed by atoms with E-state index in [-0.39, 0.29) is 25.1 Å². The van der Waals surface area contributed by atoms with Gasteiger partial charge in [-0.15, -0.1) is 12.4 Å². The number of benzene rings is 1. The van der Waals surface area contributed by atoms with E-state index in [0.717, 1.165) is 30.2 Å². The fourth-order valence-electron chi connectivity index (χ4n) is 2.75. The lowest BCUT2D eigenvalue weighted by Gasteiger charge is -2.34. The minimum Gasteiger partial charge on any atom is -0.454 e. The van der Waals surface area contributed by atoms with E-state index in [1.165, 1.54) is 0 Å². The summed E-state index contributed by atoms with van der Waals surface area (Å²) in [6.45, 7) is 2.30. The number of fused-ring (bicyclic) bond motifs is 1. The maximum absolute atomic E-state index is 12.4. The van der Waals surface area contributed by atoms with Gasteiger partial charge in [0, 0.05) is 13.7 Å². The van der Waals surface area contributed by atoms with E-state index in [0.29, 0.717) is 19.4 Å². The van der Waals surface area contributed by atoms with Crippen LogP contribution >= 0.6 is 12.4 Å². The molecule has 6 nitrogen and oxygen atoms in total. The van der Waals surface area contributed by atoms with Crippen molar-refractivity contribution in [1.82, 2.24) is 10.6 Å². The summed E-state index contributed by atoms with van der Waals surface area (Å²) in [5, 5.41) is 6.20. The molecule has 0 saturated carbocycles. The Morgan fingerprint density at radius 1 is 1.32 bits per heavy atom. The molecule has 1 aromatic carbocycles. The van der Waals surface area contributed by atoms with Gasteiger partial charge in [-0.05, 0) is 43.6 Å². The van der Waals surface area contributed by atoms with E-state index >= 15 is 0 Å². The monoisotopic (exact) mass is 328 g/mol. The molecule has 0 bridgehead atoms. The Morgan fingerprint density at radius 3 is 2.77 bits per heavy atom. The van der Waals surface area contributed by atoms with Gasteiger partial charge in [0.1, 0.15) is 5.60 Å². The van der Waals surface area contributed by atoms with E-state index < -0.39 is 5.60 Å². The first-order chi connectivity index (χ1) is 10.2. The molecule has 0 atom stereocenters. The number of rotatable bonds is 4. The first kappa shape index (κ1) is 16.9. The van der Waals surface area contributed by atoms with Crippen LogP contribution in [0.5, 0.6) is 11.5 Å². The van der Waals surface area contributed by atoms with Crippen molar-refractivity contribution in [2.24, 2.45) is 0 Å². The van der Waals surface area contributed by atoms with Gasteiger partial charge in [0.05, 0.1) is 0 Å². The largest absolute Gasteiger partial charge is 0.454 e. The van der Waals surface area contributed by atoms with Crippen LogP contribution in [-0.2, 0) is 16.1 Å². The number of methoxy groups -OCH3 is 1. The molecular weight excluding hydrogens is 308 g/mol. The smallest absolute Gasteiger partial charge is 0.252 e. The molecule has 0 aromatic heterocycles. The number of amides is 1. The summed E-state index contributed by atoms with van der Waals surface area (Å²) in [5.41, 5.74) is 0.273. The van der Waals surface area contributed by atoms with Crippen LogP contribution in [0.3, 0.4) is 0 Å². The SMILES string of the molecule is COC1(C(=O)NCc2ccc3c(c2)OCO3)CCNCC1.Cl. The van der Waals surface area contributed by atoms with E-state index in [9.17, 15) is 4.79 Å². The van der Waals surface area contributed by atoms with Crippen molar-refractivity contribution in [3.05, 3.63) is 23.8 Å². The van der Waals surface area contributed by atoms with Crippen LogP contribution in [0, 0.1) is 0 Å². The second-order valence-corrected chi connectivity index (χ2v) is 5.32.